The van der Waals surface area contributed by atoms with Crippen molar-refractivity contribution < 1.29 is 60.2 Å². The molecule has 0 atom stereocenters. The molecule has 0 saturated heterocycles. The van der Waals surface area contributed by atoms with E-state index in [1.54, 1.807) is 0 Å². The molecule has 0 aliphatic heterocycles. The van der Waals surface area contributed by atoms with Gasteiger partial charge in [0, 0.05) is 5.92 Å². The third-order valence-electron chi connectivity index (χ3n) is 3.57. The Morgan fingerprint density at radius 3 is 1.94 bits per heavy atom. The van der Waals surface area contributed by atoms with Crippen molar-refractivity contribution in [2.24, 2.45) is 11.8 Å². The summed E-state index contributed by atoms with van der Waals surface area (Å²) in [6.45, 7) is 8.18. The molecule has 0 N–H and O–H groups in total. The molecule has 18 heavy (non-hydrogen) atoms. The molecule has 1 aliphatic carbocycles. The Morgan fingerprint density at radius 1 is 1.06 bits per heavy atom. The van der Waals surface area contributed by atoms with Gasteiger partial charge in [0.25, 0.3) is 0 Å². The second-order valence-corrected chi connectivity index (χ2v) is 4.58. The van der Waals surface area contributed by atoms with E-state index in [1.165, 1.54) is 0 Å². The first kappa shape index (κ1) is 21.7. The molecule has 1 rings (SSSR count). The van der Waals surface area contributed by atoms with Crippen LogP contribution in [0.5, 0.6) is 0 Å². The minimum Gasteiger partial charge on any atom is -0.658 e. The molecule has 1 nitrogen and oxygen atoms in total. The van der Waals surface area contributed by atoms with E-state index in [2.05, 4.69) is 12.2 Å². The van der Waals surface area contributed by atoms with Gasteiger partial charge in [-0.3, -0.25) is 0 Å². The van der Waals surface area contributed by atoms with Crippen LogP contribution in [0, 0.1) is 11.8 Å². The molecule has 1 fully saturated rings. The van der Waals surface area contributed by atoms with Gasteiger partial charge in [-0.2, -0.15) is 6.54 Å². The summed E-state index contributed by atoms with van der Waals surface area (Å²) < 4.78 is 27.3. The van der Waals surface area contributed by atoms with Gasteiger partial charge in [0.05, 0.1) is 0 Å². The van der Waals surface area contributed by atoms with E-state index in [-0.39, 0.29) is 57.9 Å². The zero-order valence-corrected chi connectivity index (χ0v) is 15.9. The molecule has 0 aromatic rings. The van der Waals surface area contributed by atoms with Gasteiger partial charge in [-0.15, -0.1) is 0 Å². The maximum Gasteiger partial charge on any atom is 1.00 e. The SMILES string of the molecule is CC.CC[N-]CC(F)(F)C1CCC(CC)CC1.[K+]. The summed E-state index contributed by atoms with van der Waals surface area (Å²) in [4.78, 5) is 0. The Morgan fingerprint density at radius 2 is 1.56 bits per heavy atom. The molecule has 0 aromatic heterocycles. The van der Waals surface area contributed by atoms with Crippen molar-refractivity contribution in [1.29, 1.82) is 0 Å². The van der Waals surface area contributed by atoms with E-state index in [0.29, 0.717) is 25.3 Å². The average molecular weight is 287 g/mol. The fraction of sp³-hybridized carbons (Fsp3) is 1.00. The summed E-state index contributed by atoms with van der Waals surface area (Å²) in [5.74, 6) is -2.30. The third-order valence-corrected chi connectivity index (χ3v) is 3.57. The predicted molar refractivity (Wildman–Crippen MR) is 70.8 cm³/mol. The zero-order valence-electron chi connectivity index (χ0n) is 12.8. The fourth-order valence-electron chi connectivity index (χ4n) is 2.38. The third kappa shape index (κ3) is 7.90. The van der Waals surface area contributed by atoms with Crippen molar-refractivity contribution in [2.45, 2.75) is 65.7 Å². The largest absolute Gasteiger partial charge is 1.00 e. The molecular weight excluding hydrogens is 259 g/mol. The van der Waals surface area contributed by atoms with Gasteiger partial charge >= 0.3 is 51.4 Å². The van der Waals surface area contributed by atoms with Gasteiger partial charge in [-0.05, 0) is 31.6 Å². The van der Waals surface area contributed by atoms with E-state index >= 15 is 0 Å². The second kappa shape index (κ2) is 12.2. The molecule has 1 aliphatic rings. The van der Waals surface area contributed by atoms with Crippen LogP contribution in [0.3, 0.4) is 0 Å². The topological polar surface area (TPSA) is 14.1 Å². The Balaban J connectivity index is 0. The number of hydrogen-bond acceptors (Lipinski definition) is 0. The molecule has 0 amide bonds. The van der Waals surface area contributed by atoms with Crippen LogP contribution in [0.15, 0.2) is 0 Å². The van der Waals surface area contributed by atoms with Crippen molar-refractivity contribution in [2.75, 3.05) is 13.1 Å². The molecular formula is C14H28F2KN. The number of rotatable bonds is 5. The number of halogens is 2. The number of hydrogen-bond donors (Lipinski definition) is 0. The Kier molecular flexibility index (Phi) is 14.8. The van der Waals surface area contributed by atoms with Crippen LogP contribution in [0.2, 0.25) is 0 Å². The van der Waals surface area contributed by atoms with Gasteiger partial charge in [-0.1, -0.05) is 40.7 Å². The van der Waals surface area contributed by atoms with E-state index in [9.17, 15) is 8.78 Å². The van der Waals surface area contributed by atoms with Gasteiger partial charge < -0.3 is 5.32 Å². The monoisotopic (exact) mass is 287 g/mol. The number of alkyl halides is 2. The molecule has 4 heteroatoms. The van der Waals surface area contributed by atoms with Crippen molar-refractivity contribution in [3.05, 3.63) is 5.32 Å². The van der Waals surface area contributed by atoms with Crippen molar-refractivity contribution in [3.63, 3.8) is 0 Å². The van der Waals surface area contributed by atoms with Crippen LogP contribution < -0.4 is 51.4 Å². The first-order valence-electron chi connectivity index (χ1n) is 7.11. The summed E-state index contributed by atoms with van der Waals surface area (Å²) in [7, 11) is 0. The molecule has 0 aromatic carbocycles. The molecule has 0 unspecified atom stereocenters. The molecule has 1 saturated carbocycles. The van der Waals surface area contributed by atoms with Gasteiger partial charge in [0.15, 0.2) is 0 Å². The molecule has 104 valence electrons. The normalized spacial score (nSPS) is 23.7. The van der Waals surface area contributed by atoms with E-state index in [0.717, 1.165) is 19.3 Å². The van der Waals surface area contributed by atoms with Crippen LogP contribution in [0.4, 0.5) is 8.78 Å². The quantitative estimate of drug-likeness (QED) is 0.689. The standard InChI is InChI=1S/C12H22F2N.C2H6.K/c1-3-10-5-7-11(8-6-10)12(13,14)9-15-4-2;1-2;/h10-11H,3-9H2,1-2H3;1-2H3;/q-1;;+1. The van der Waals surface area contributed by atoms with Gasteiger partial charge in [0.2, 0.25) is 5.92 Å². The summed E-state index contributed by atoms with van der Waals surface area (Å²) in [6.07, 6.45) is 4.46. The Labute approximate surface area is 154 Å². The Hall–Kier alpha value is 1.46. The van der Waals surface area contributed by atoms with Crippen molar-refractivity contribution in [3.8, 4) is 0 Å². The van der Waals surface area contributed by atoms with Crippen LogP contribution >= 0.6 is 0 Å². The average Bonchev–Trinajstić information content (AvgIpc) is 2.39. The summed E-state index contributed by atoms with van der Waals surface area (Å²) >= 11 is 0. The summed E-state index contributed by atoms with van der Waals surface area (Å²) in [6, 6.07) is 0. The summed E-state index contributed by atoms with van der Waals surface area (Å²) in [5.41, 5.74) is 0. The van der Waals surface area contributed by atoms with Crippen LogP contribution in [-0.2, 0) is 0 Å². The maximum atomic E-state index is 13.6. The predicted octanol–water partition coefficient (Wildman–Crippen LogP) is 2.26. The molecule has 0 radical (unpaired) electrons. The minimum absolute atomic E-state index is 0. The smallest absolute Gasteiger partial charge is 0.658 e. The van der Waals surface area contributed by atoms with E-state index in [1.807, 2.05) is 20.8 Å². The van der Waals surface area contributed by atoms with Crippen LogP contribution in [0.25, 0.3) is 5.32 Å². The van der Waals surface area contributed by atoms with Crippen LogP contribution in [0.1, 0.15) is 59.8 Å². The number of nitrogens with zero attached hydrogens (tertiary/aromatic N) is 1. The summed E-state index contributed by atoms with van der Waals surface area (Å²) in [5, 5.41) is 3.81. The van der Waals surface area contributed by atoms with Crippen LogP contribution in [-0.4, -0.2) is 19.0 Å². The van der Waals surface area contributed by atoms with Gasteiger partial charge in [-0.25, -0.2) is 8.78 Å². The Bertz CT molecular complexity index is 181. The fourth-order valence-corrected chi connectivity index (χ4v) is 2.38. The molecule has 0 spiro atoms. The maximum absolute atomic E-state index is 13.6. The van der Waals surface area contributed by atoms with Crippen molar-refractivity contribution in [1.82, 2.24) is 0 Å². The van der Waals surface area contributed by atoms with Gasteiger partial charge in [0.1, 0.15) is 0 Å². The minimum atomic E-state index is -2.56. The van der Waals surface area contributed by atoms with E-state index in [4.69, 9.17) is 0 Å². The molecule has 0 bridgehead atoms. The molecule has 0 heterocycles. The zero-order chi connectivity index (χ0) is 13.3. The van der Waals surface area contributed by atoms with Crippen molar-refractivity contribution >= 4 is 0 Å². The first-order valence-corrected chi connectivity index (χ1v) is 7.11. The first-order chi connectivity index (χ1) is 8.10. The van der Waals surface area contributed by atoms with E-state index < -0.39 is 11.8 Å². The second-order valence-electron chi connectivity index (χ2n) is 4.58.